The van der Waals surface area contributed by atoms with Crippen LogP contribution >= 0.6 is 0 Å². The fourth-order valence-corrected chi connectivity index (χ4v) is 3.39. The fourth-order valence-electron chi connectivity index (χ4n) is 3.39. The molecule has 4 rings (SSSR count). The first-order chi connectivity index (χ1) is 10.9. The van der Waals surface area contributed by atoms with Gasteiger partial charge in [0.05, 0.1) is 11.0 Å². The number of aromatic nitrogens is 1. The van der Waals surface area contributed by atoms with Crippen LogP contribution in [0, 0.1) is 0 Å². The third-order valence-electron chi connectivity index (χ3n) is 4.33. The molecule has 0 aliphatic carbocycles. The van der Waals surface area contributed by atoms with E-state index < -0.39 is 0 Å². The predicted octanol–water partition coefficient (Wildman–Crippen LogP) is 5.74. The Kier molecular flexibility index (Phi) is 3.19. The summed E-state index contributed by atoms with van der Waals surface area (Å²) < 4.78 is 2.41. The molecule has 1 heterocycles. The van der Waals surface area contributed by atoms with E-state index in [9.17, 15) is 0 Å². The molecule has 1 heteroatoms. The molecule has 1 aromatic heterocycles. The van der Waals surface area contributed by atoms with Gasteiger partial charge in [0.1, 0.15) is 0 Å². The lowest BCUT2D eigenvalue weighted by molar-refractivity contribution is 0.909. The molecule has 1 nitrogen and oxygen atoms in total. The van der Waals surface area contributed by atoms with Gasteiger partial charge in [-0.1, -0.05) is 67.9 Å². The van der Waals surface area contributed by atoms with Gasteiger partial charge in [0.2, 0.25) is 0 Å². The number of hydrogen-bond acceptors (Lipinski definition) is 0. The number of fused-ring (bicyclic) bond motifs is 3. The van der Waals surface area contributed by atoms with Gasteiger partial charge in [-0.3, -0.25) is 0 Å². The third kappa shape index (κ3) is 1.93. The van der Waals surface area contributed by atoms with Crippen LogP contribution in [0.4, 0.5) is 0 Å². The summed E-state index contributed by atoms with van der Waals surface area (Å²) in [6.45, 7) is 2.24. The first-order valence-corrected chi connectivity index (χ1v) is 7.96. The Labute approximate surface area is 130 Å². The van der Waals surface area contributed by atoms with E-state index in [1.807, 2.05) is 0 Å². The average molecular weight is 285 g/mol. The largest absolute Gasteiger partial charge is 0.309 e. The minimum atomic E-state index is 1.11. The van der Waals surface area contributed by atoms with Crippen molar-refractivity contribution in [2.45, 2.75) is 19.8 Å². The van der Waals surface area contributed by atoms with Crippen LogP contribution in [-0.2, 0) is 6.42 Å². The van der Waals surface area contributed by atoms with Crippen LogP contribution in [0.25, 0.3) is 27.5 Å². The fraction of sp³-hybridized carbons (Fsp3) is 0.143. The summed E-state index contributed by atoms with van der Waals surface area (Å²) >= 11 is 0. The van der Waals surface area contributed by atoms with Crippen molar-refractivity contribution < 1.29 is 0 Å². The van der Waals surface area contributed by atoms with Crippen molar-refractivity contribution in [3.63, 3.8) is 0 Å². The zero-order valence-electron chi connectivity index (χ0n) is 12.8. The molecule has 0 aliphatic rings. The Bertz CT molecular complexity index is 893. The molecule has 3 aromatic carbocycles. The first kappa shape index (κ1) is 13.1. The van der Waals surface area contributed by atoms with E-state index in [0.717, 1.165) is 12.8 Å². The van der Waals surface area contributed by atoms with Gasteiger partial charge in [-0.05, 0) is 30.2 Å². The van der Waals surface area contributed by atoms with Crippen molar-refractivity contribution >= 4 is 21.8 Å². The highest BCUT2D eigenvalue weighted by molar-refractivity contribution is 6.09. The van der Waals surface area contributed by atoms with Crippen LogP contribution in [0.1, 0.15) is 18.9 Å². The molecule has 0 fully saturated rings. The summed E-state index contributed by atoms with van der Waals surface area (Å²) in [7, 11) is 0. The molecule has 0 spiro atoms. The summed E-state index contributed by atoms with van der Waals surface area (Å²) in [5.41, 5.74) is 5.29. The average Bonchev–Trinajstić information content (AvgIpc) is 2.90. The molecule has 0 radical (unpaired) electrons. The van der Waals surface area contributed by atoms with Crippen molar-refractivity contribution in [2.75, 3.05) is 0 Å². The van der Waals surface area contributed by atoms with Crippen LogP contribution in [0.5, 0.6) is 0 Å². The molecule has 0 amide bonds. The highest BCUT2D eigenvalue weighted by atomic mass is 15.0. The number of rotatable bonds is 3. The van der Waals surface area contributed by atoms with Crippen LogP contribution < -0.4 is 0 Å². The highest BCUT2D eigenvalue weighted by Crippen LogP contribution is 2.32. The number of aryl methyl sites for hydroxylation is 1. The van der Waals surface area contributed by atoms with Gasteiger partial charge in [-0.2, -0.15) is 0 Å². The molecule has 22 heavy (non-hydrogen) atoms. The minimum absolute atomic E-state index is 1.11. The number of hydrogen-bond donors (Lipinski definition) is 0. The van der Waals surface area contributed by atoms with E-state index >= 15 is 0 Å². The maximum atomic E-state index is 2.41. The van der Waals surface area contributed by atoms with Crippen LogP contribution in [0.15, 0.2) is 72.8 Å². The molecule has 0 N–H and O–H groups in total. The van der Waals surface area contributed by atoms with E-state index in [2.05, 4.69) is 84.3 Å². The molecule has 4 aromatic rings. The summed E-state index contributed by atoms with van der Waals surface area (Å²) in [4.78, 5) is 0. The smallest absolute Gasteiger partial charge is 0.0541 e. The van der Waals surface area contributed by atoms with Gasteiger partial charge >= 0.3 is 0 Å². The summed E-state index contributed by atoms with van der Waals surface area (Å²) in [6, 6.07) is 26.1. The highest BCUT2D eigenvalue weighted by Gasteiger charge is 2.13. The minimum Gasteiger partial charge on any atom is -0.309 e. The van der Waals surface area contributed by atoms with Gasteiger partial charge < -0.3 is 4.57 Å². The molecule has 0 unspecified atom stereocenters. The van der Waals surface area contributed by atoms with Gasteiger partial charge in [0.25, 0.3) is 0 Å². The third-order valence-corrected chi connectivity index (χ3v) is 4.33. The topological polar surface area (TPSA) is 4.93 Å². The zero-order valence-corrected chi connectivity index (χ0v) is 12.8. The van der Waals surface area contributed by atoms with Crippen molar-refractivity contribution in [3.8, 4) is 5.69 Å². The van der Waals surface area contributed by atoms with E-state index in [1.165, 1.54) is 33.1 Å². The zero-order chi connectivity index (χ0) is 14.9. The van der Waals surface area contributed by atoms with E-state index in [4.69, 9.17) is 0 Å². The number of nitrogens with zero attached hydrogens (tertiary/aromatic N) is 1. The molecule has 108 valence electrons. The Morgan fingerprint density at radius 1 is 0.682 bits per heavy atom. The molecule has 0 bridgehead atoms. The van der Waals surface area contributed by atoms with Crippen LogP contribution in [0.3, 0.4) is 0 Å². The Hall–Kier alpha value is -2.54. The van der Waals surface area contributed by atoms with Gasteiger partial charge in [-0.15, -0.1) is 0 Å². The van der Waals surface area contributed by atoms with Crippen LogP contribution in [0.2, 0.25) is 0 Å². The summed E-state index contributed by atoms with van der Waals surface area (Å²) in [5, 5.41) is 2.65. The van der Waals surface area contributed by atoms with Gasteiger partial charge in [-0.25, -0.2) is 0 Å². The number of para-hydroxylation sites is 3. The van der Waals surface area contributed by atoms with E-state index in [0.29, 0.717) is 0 Å². The predicted molar refractivity (Wildman–Crippen MR) is 94.8 cm³/mol. The number of benzene rings is 3. The summed E-state index contributed by atoms with van der Waals surface area (Å²) in [6.07, 6.45) is 2.27. The Morgan fingerprint density at radius 2 is 1.23 bits per heavy atom. The molecule has 0 aliphatic heterocycles. The quantitative estimate of drug-likeness (QED) is 0.452. The van der Waals surface area contributed by atoms with E-state index in [-0.39, 0.29) is 0 Å². The molecule has 0 saturated carbocycles. The molecule has 0 atom stereocenters. The molecular weight excluding hydrogens is 266 g/mol. The SMILES string of the molecule is CCCc1ccccc1-n1c2ccccc2c2ccccc21. The summed E-state index contributed by atoms with van der Waals surface area (Å²) in [5.74, 6) is 0. The Morgan fingerprint density at radius 3 is 1.86 bits per heavy atom. The lowest BCUT2D eigenvalue weighted by Crippen LogP contribution is -1.99. The first-order valence-electron chi connectivity index (χ1n) is 7.96. The van der Waals surface area contributed by atoms with E-state index in [1.54, 1.807) is 0 Å². The lowest BCUT2D eigenvalue weighted by atomic mass is 10.1. The second-order valence-corrected chi connectivity index (χ2v) is 5.75. The second-order valence-electron chi connectivity index (χ2n) is 5.75. The normalized spacial score (nSPS) is 11.3. The van der Waals surface area contributed by atoms with Crippen molar-refractivity contribution in [1.82, 2.24) is 4.57 Å². The monoisotopic (exact) mass is 285 g/mol. The van der Waals surface area contributed by atoms with Crippen molar-refractivity contribution in [3.05, 3.63) is 78.4 Å². The van der Waals surface area contributed by atoms with Gasteiger partial charge in [0, 0.05) is 16.5 Å². The second kappa shape index (κ2) is 5.34. The molecular formula is C21H19N. The molecule has 0 saturated heterocycles. The maximum absolute atomic E-state index is 2.41. The van der Waals surface area contributed by atoms with Gasteiger partial charge in [0.15, 0.2) is 0 Å². The Balaban J connectivity index is 2.14. The standard InChI is InChI=1S/C21H19N/c1-2-9-16-10-3-6-13-19(16)22-20-14-7-4-11-17(20)18-12-5-8-15-21(18)22/h3-8,10-15H,2,9H2,1H3. The van der Waals surface area contributed by atoms with Crippen molar-refractivity contribution in [2.24, 2.45) is 0 Å². The lowest BCUT2D eigenvalue weighted by Gasteiger charge is -2.13. The van der Waals surface area contributed by atoms with Crippen molar-refractivity contribution in [1.29, 1.82) is 0 Å². The van der Waals surface area contributed by atoms with Crippen LogP contribution in [-0.4, -0.2) is 4.57 Å². The maximum Gasteiger partial charge on any atom is 0.0541 e.